The Morgan fingerprint density at radius 2 is 1.96 bits per heavy atom. The van der Waals surface area contributed by atoms with Gasteiger partial charge in [0.1, 0.15) is 5.75 Å². The monoisotopic (exact) mass is 319 g/mol. The third-order valence-electron chi connectivity index (χ3n) is 4.21. The summed E-state index contributed by atoms with van der Waals surface area (Å²) in [6.07, 6.45) is 2.24. The second-order valence-corrected chi connectivity index (χ2v) is 6.76. The summed E-state index contributed by atoms with van der Waals surface area (Å²) in [5, 5.41) is 13.9. The van der Waals surface area contributed by atoms with Crippen molar-refractivity contribution in [3.8, 4) is 5.75 Å². The average molecular weight is 319 g/mol. The van der Waals surface area contributed by atoms with E-state index in [-0.39, 0.29) is 0 Å². The number of rotatable bonds is 4. The molecule has 1 aromatic heterocycles. The first kappa shape index (κ1) is 14.6. The summed E-state index contributed by atoms with van der Waals surface area (Å²) in [7, 11) is 0.760. The van der Waals surface area contributed by atoms with E-state index in [4.69, 9.17) is 9.68 Å². The van der Waals surface area contributed by atoms with Crippen LogP contribution in [0.2, 0.25) is 0 Å². The predicted octanol–water partition coefficient (Wildman–Crippen LogP) is 5.07. The van der Waals surface area contributed by atoms with Gasteiger partial charge < -0.3 is 9.68 Å². The normalized spacial score (nSPS) is 11.4. The summed E-state index contributed by atoms with van der Waals surface area (Å²) in [6, 6.07) is 17.0. The molecule has 4 aromatic rings. The van der Waals surface area contributed by atoms with Crippen LogP contribution >= 0.6 is 11.3 Å². The molecule has 4 rings (SSSR count). The highest BCUT2D eigenvalue weighted by molar-refractivity contribution is 7.26. The van der Waals surface area contributed by atoms with Gasteiger partial charge in [0.25, 0.3) is 0 Å². The molecule has 0 unspecified atom stereocenters. The third kappa shape index (κ3) is 2.39. The van der Waals surface area contributed by atoms with Crippen molar-refractivity contribution in [2.24, 2.45) is 0 Å². The molecular formula is C19H16BO2S. The van der Waals surface area contributed by atoms with Crippen LogP contribution in [-0.2, 0) is 6.42 Å². The SMILES string of the molecule is CCCc1ccc2c(c1)sc1c(O[B]O)cc3ccccc3c12. The number of hydrogen-bond donors (Lipinski definition) is 1. The lowest BCUT2D eigenvalue weighted by Gasteiger charge is -2.07. The Balaban J connectivity index is 2.11. The van der Waals surface area contributed by atoms with Gasteiger partial charge in [-0.1, -0.05) is 49.7 Å². The van der Waals surface area contributed by atoms with Crippen molar-refractivity contribution in [1.82, 2.24) is 0 Å². The number of hydrogen-bond acceptors (Lipinski definition) is 3. The van der Waals surface area contributed by atoms with Gasteiger partial charge >= 0.3 is 7.69 Å². The summed E-state index contributed by atoms with van der Waals surface area (Å²) in [5.41, 5.74) is 1.37. The van der Waals surface area contributed by atoms with E-state index in [0.29, 0.717) is 5.75 Å². The molecule has 0 fully saturated rings. The van der Waals surface area contributed by atoms with Gasteiger partial charge in [-0.15, -0.1) is 11.3 Å². The second kappa shape index (κ2) is 5.87. The fourth-order valence-electron chi connectivity index (χ4n) is 3.23. The van der Waals surface area contributed by atoms with Crippen molar-refractivity contribution < 1.29 is 9.68 Å². The fraction of sp³-hybridized carbons (Fsp3) is 0.158. The molecule has 23 heavy (non-hydrogen) atoms. The van der Waals surface area contributed by atoms with Crippen molar-refractivity contribution in [2.75, 3.05) is 0 Å². The van der Waals surface area contributed by atoms with Crippen LogP contribution in [0.5, 0.6) is 5.75 Å². The molecule has 1 N–H and O–H groups in total. The zero-order valence-corrected chi connectivity index (χ0v) is 13.7. The van der Waals surface area contributed by atoms with Crippen LogP contribution in [0.25, 0.3) is 30.9 Å². The van der Waals surface area contributed by atoms with Gasteiger partial charge in [-0.25, -0.2) is 0 Å². The maximum atomic E-state index is 9.10. The fourth-order valence-corrected chi connectivity index (χ4v) is 4.47. The van der Waals surface area contributed by atoms with Crippen LogP contribution in [0.3, 0.4) is 0 Å². The van der Waals surface area contributed by atoms with Gasteiger partial charge in [0, 0.05) is 15.5 Å². The Morgan fingerprint density at radius 3 is 2.78 bits per heavy atom. The highest BCUT2D eigenvalue weighted by atomic mass is 32.1. The molecule has 4 heteroatoms. The van der Waals surface area contributed by atoms with Crippen LogP contribution in [0, 0.1) is 0 Å². The molecule has 0 saturated carbocycles. The highest BCUT2D eigenvalue weighted by Crippen LogP contribution is 2.43. The van der Waals surface area contributed by atoms with E-state index < -0.39 is 0 Å². The van der Waals surface area contributed by atoms with Gasteiger partial charge in [-0.05, 0) is 34.9 Å². The van der Waals surface area contributed by atoms with E-state index in [2.05, 4.69) is 43.3 Å². The molecule has 1 radical (unpaired) electrons. The quantitative estimate of drug-likeness (QED) is 0.532. The lowest BCUT2D eigenvalue weighted by Crippen LogP contribution is -1.99. The maximum absolute atomic E-state index is 9.10. The van der Waals surface area contributed by atoms with Crippen molar-refractivity contribution in [3.05, 3.63) is 54.1 Å². The molecule has 0 amide bonds. The average Bonchev–Trinajstić information content (AvgIpc) is 2.95. The molecular weight excluding hydrogens is 303 g/mol. The van der Waals surface area contributed by atoms with E-state index in [9.17, 15) is 0 Å². The molecule has 0 atom stereocenters. The smallest absolute Gasteiger partial charge is 0.536 e. The minimum atomic E-state index is 0.708. The molecule has 3 aromatic carbocycles. The van der Waals surface area contributed by atoms with Crippen LogP contribution < -0.4 is 4.65 Å². The topological polar surface area (TPSA) is 29.5 Å². The first-order valence-electron chi connectivity index (χ1n) is 7.81. The molecule has 1 heterocycles. The van der Waals surface area contributed by atoms with Crippen molar-refractivity contribution in [2.45, 2.75) is 19.8 Å². The van der Waals surface area contributed by atoms with Gasteiger partial charge in [0.15, 0.2) is 0 Å². The van der Waals surface area contributed by atoms with E-state index in [1.807, 2.05) is 12.1 Å². The van der Waals surface area contributed by atoms with Gasteiger partial charge in [-0.2, -0.15) is 0 Å². The summed E-state index contributed by atoms with van der Waals surface area (Å²) >= 11 is 1.73. The molecule has 0 spiro atoms. The molecule has 0 aliphatic rings. The molecule has 2 nitrogen and oxygen atoms in total. The Morgan fingerprint density at radius 1 is 1.09 bits per heavy atom. The van der Waals surface area contributed by atoms with Crippen molar-refractivity contribution >= 4 is 50.0 Å². The Hall–Kier alpha value is -2.04. The van der Waals surface area contributed by atoms with Gasteiger partial charge in [0.05, 0.1) is 4.70 Å². The molecule has 0 bridgehead atoms. The minimum absolute atomic E-state index is 0.708. The van der Waals surface area contributed by atoms with Crippen LogP contribution in [-0.4, -0.2) is 12.7 Å². The summed E-state index contributed by atoms with van der Waals surface area (Å²) in [5.74, 6) is 0.708. The Labute approximate surface area is 139 Å². The summed E-state index contributed by atoms with van der Waals surface area (Å²) in [4.78, 5) is 0. The number of fused-ring (bicyclic) bond motifs is 5. The number of aryl methyl sites for hydroxylation is 1. The van der Waals surface area contributed by atoms with E-state index >= 15 is 0 Å². The minimum Gasteiger partial charge on any atom is -0.536 e. The first-order chi connectivity index (χ1) is 11.3. The van der Waals surface area contributed by atoms with Gasteiger partial charge in [-0.3, -0.25) is 0 Å². The first-order valence-corrected chi connectivity index (χ1v) is 8.63. The standard InChI is InChI=1S/C19H16BO2S/c1-2-5-12-8-9-15-17(10-12)23-19-16(22-20-21)11-13-6-3-4-7-14(13)18(15)19/h3-4,6-11,21H,2,5H2,1H3. The number of benzene rings is 3. The van der Waals surface area contributed by atoms with E-state index in [0.717, 1.165) is 30.6 Å². The van der Waals surface area contributed by atoms with Crippen LogP contribution in [0.4, 0.5) is 0 Å². The van der Waals surface area contributed by atoms with Crippen LogP contribution in [0.1, 0.15) is 18.9 Å². The molecule has 113 valence electrons. The molecule has 0 saturated heterocycles. The van der Waals surface area contributed by atoms with Crippen molar-refractivity contribution in [3.63, 3.8) is 0 Å². The third-order valence-corrected chi connectivity index (χ3v) is 5.38. The zero-order chi connectivity index (χ0) is 15.8. The number of thiophene rings is 1. The van der Waals surface area contributed by atoms with Crippen LogP contribution in [0.15, 0.2) is 48.5 Å². The predicted molar refractivity (Wildman–Crippen MR) is 99.4 cm³/mol. The van der Waals surface area contributed by atoms with E-state index in [1.165, 1.54) is 26.4 Å². The van der Waals surface area contributed by atoms with Gasteiger partial charge in [0.2, 0.25) is 0 Å². The second-order valence-electron chi connectivity index (χ2n) is 5.71. The van der Waals surface area contributed by atoms with E-state index in [1.54, 1.807) is 11.3 Å². The maximum Gasteiger partial charge on any atom is 0.569 e. The largest absolute Gasteiger partial charge is 0.569 e. The molecule has 0 aliphatic heterocycles. The Bertz CT molecular complexity index is 1010. The summed E-state index contributed by atoms with van der Waals surface area (Å²) in [6.45, 7) is 2.20. The molecule has 0 aliphatic carbocycles. The lowest BCUT2D eigenvalue weighted by molar-refractivity contribution is 0.457. The zero-order valence-electron chi connectivity index (χ0n) is 12.9. The van der Waals surface area contributed by atoms with Crippen molar-refractivity contribution in [1.29, 1.82) is 0 Å². The Kier molecular flexibility index (Phi) is 3.72. The lowest BCUT2D eigenvalue weighted by atomic mass is 10.0. The highest BCUT2D eigenvalue weighted by Gasteiger charge is 2.14. The summed E-state index contributed by atoms with van der Waals surface area (Å²) < 4.78 is 7.73.